The first-order valence-electron chi connectivity index (χ1n) is 8.96. The molecule has 1 saturated carbocycles. The Morgan fingerprint density at radius 3 is 2.96 bits per heavy atom. The Bertz CT molecular complexity index is 878. The van der Waals surface area contributed by atoms with Crippen LogP contribution in [0.2, 0.25) is 5.02 Å². The fourth-order valence-electron chi connectivity index (χ4n) is 3.11. The number of amides is 2. The van der Waals surface area contributed by atoms with Crippen LogP contribution in [0.5, 0.6) is 0 Å². The molecule has 2 aromatic rings. The van der Waals surface area contributed by atoms with Crippen LogP contribution in [-0.4, -0.2) is 47.1 Å². The number of aromatic nitrogens is 1. The molecule has 27 heavy (non-hydrogen) atoms. The molecule has 2 heterocycles. The molecule has 2 aliphatic rings. The third-order valence-electron chi connectivity index (χ3n) is 4.71. The van der Waals surface area contributed by atoms with E-state index in [1.165, 1.54) is 0 Å². The predicted molar refractivity (Wildman–Crippen MR) is 98.4 cm³/mol. The van der Waals surface area contributed by atoms with E-state index in [1.54, 1.807) is 24.0 Å². The lowest BCUT2D eigenvalue weighted by atomic mass is 10.2. The van der Waals surface area contributed by atoms with Crippen LogP contribution in [0.4, 0.5) is 4.79 Å². The van der Waals surface area contributed by atoms with Crippen molar-refractivity contribution in [2.75, 3.05) is 13.1 Å². The van der Waals surface area contributed by atoms with E-state index in [0.717, 1.165) is 18.4 Å². The van der Waals surface area contributed by atoms with Gasteiger partial charge in [0.15, 0.2) is 0 Å². The third-order valence-corrected chi connectivity index (χ3v) is 4.94. The molecule has 2 amide bonds. The number of hydrogen-bond acceptors (Lipinski definition) is 5. The summed E-state index contributed by atoms with van der Waals surface area (Å²) < 4.78 is 11.0. The first kappa shape index (κ1) is 17.9. The van der Waals surface area contributed by atoms with Crippen LogP contribution in [0.1, 0.15) is 24.3 Å². The number of carbonyl (C=O) groups is 2. The number of hydrogen-bond donors (Lipinski definition) is 1. The van der Waals surface area contributed by atoms with Crippen molar-refractivity contribution in [2.45, 2.75) is 38.3 Å². The summed E-state index contributed by atoms with van der Waals surface area (Å²) in [5, 5.41) is 3.40. The molecule has 0 bridgehead atoms. The number of carbonyl (C=O) groups excluding carboxylic acids is 2. The van der Waals surface area contributed by atoms with E-state index < -0.39 is 0 Å². The van der Waals surface area contributed by atoms with E-state index in [2.05, 4.69) is 10.3 Å². The summed E-state index contributed by atoms with van der Waals surface area (Å²) in [6.07, 6.45) is 1.59. The number of benzene rings is 1. The second-order valence-corrected chi connectivity index (χ2v) is 7.34. The lowest BCUT2D eigenvalue weighted by Gasteiger charge is -2.11. The summed E-state index contributed by atoms with van der Waals surface area (Å²) in [5.41, 5.74) is 1.33. The van der Waals surface area contributed by atoms with Gasteiger partial charge in [0, 0.05) is 16.6 Å². The molecule has 8 heteroatoms. The molecule has 1 saturated heterocycles. The van der Waals surface area contributed by atoms with Gasteiger partial charge in [-0.15, -0.1) is 0 Å². The average molecular weight is 390 g/mol. The highest BCUT2D eigenvalue weighted by atomic mass is 35.5. The van der Waals surface area contributed by atoms with Crippen LogP contribution < -0.4 is 5.32 Å². The highest BCUT2D eigenvalue weighted by Gasteiger charge is 2.40. The molecule has 1 aromatic carbocycles. The van der Waals surface area contributed by atoms with Gasteiger partial charge in [-0.3, -0.25) is 4.79 Å². The Hall–Kier alpha value is -2.54. The zero-order chi connectivity index (χ0) is 19.0. The van der Waals surface area contributed by atoms with Crippen LogP contribution in [0, 0.1) is 6.92 Å². The second kappa shape index (κ2) is 7.23. The molecule has 1 N–H and O–H groups in total. The van der Waals surface area contributed by atoms with Gasteiger partial charge in [0.1, 0.15) is 11.9 Å². The molecule has 1 aliphatic heterocycles. The van der Waals surface area contributed by atoms with E-state index in [-0.39, 0.29) is 24.5 Å². The van der Waals surface area contributed by atoms with Crippen LogP contribution in [0.25, 0.3) is 11.5 Å². The minimum Gasteiger partial charge on any atom is -0.442 e. The number of cyclic esters (lactones) is 1. The molecule has 7 nitrogen and oxygen atoms in total. The van der Waals surface area contributed by atoms with Crippen molar-refractivity contribution in [1.29, 1.82) is 0 Å². The van der Waals surface area contributed by atoms with Gasteiger partial charge in [0.25, 0.3) is 0 Å². The molecular weight excluding hydrogens is 370 g/mol. The molecule has 2 fully saturated rings. The van der Waals surface area contributed by atoms with Gasteiger partial charge in [-0.05, 0) is 38.0 Å². The minimum atomic E-state index is -0.303. The van der Waals surface area contributed by atoms with Crippen molar-refractivity contribution in [1.82, 2.24) is 15.2 Å². The zero-order valence-corrected chi connectivity index (χ0v) is 15.7. The first-order chi connectivity index (χ1) is 13.0. The van der Waals surface area contributed by atoms with Crippen LogP contribution in [0.15, 0.2) is 28.7 Å². The lowest BCUT2D eigenvalue weighted by molar-refractivity contribution is -0.120. The maximum atomic E-state index is 12.3. The third kappa shape index (κ3) is 4.08. The highest BCUT2D eigenvalue weighted by Crippen LogP contribution is 2.30. The quantitative estimate of drug-likeness (QED) is 0.821. The van der Waals surface area contributed by atoms with E-state index >= 15 is 0 Å². The van der Waals surface area contributed by atoms with Crippen molar-refractivity contribution in [3.05, 3.63) is 40.7 Å². The number of ether oxygens (including phenoxy) is 1. The Kier molecular flexibility index (Phi) is 4.78. The van der Waals surface area contributed by atoms with E-state index in [1.807, 2.05) is 12.1 Å². The maximum Gasteiger partial charge on any atom is 0.410 e. The number of nitrogens with zero attached hydrogens (tertiary/aromatic N) is 2. The second-order valence-electron chi connectivity index (χ2n) is 6.90. The summed E-state index contributed by atoms with van der Waals surface area (Å²) in [6, 6.07) is 7.52. The summed E-state index contributed by atoms with van der Waals surface area (Å²) >= 11 is 6.00. The van der Waals surface area contributed by atoms with Gasteiger partial charge < -0.3 is 19.4 Å². The summed E-state index contributed by atoms with van der Waals surface area (Å²) in [5.74, 6) is 0.833. The molecular formula is C19H20ClN3O4. The van der Waals surface area contributed by atoms with E-state index in [4.69, 9.17) is 20.8 Å². The van der Waals surface area contributed by atoms with Crippen molar-refractivity contribution >= 4 is 23.6 Å². The van der Waals surface area contributed by atoms with Gasteiger partial charge >= 0.3 is 6.09 Å². The smallest absolute Gasteiger partial charge is 0.410 e. The van der Waals surface area contributed by atoms with E-state index in [9.17, 15) is 9.59 Å². The average Bonchev–Trinajstić information content (AvgIpc) is 3.32. The number of aryl methyl sites for hydroxylation is 1. The Morgan fingerprint density at radius 1 is 1.41 bits per heavy atom. The molecule has 1 aliphatic carbocycles. The van der Waals surface area contributed by atoms with E-state index in [0.29, 0.717) is 41.5 Å². The largest absolute Gasteiger partial charge is 0.442 e. The zero-order valence-electron chi connectivity index (χ0n) is 14.9. The molecule has 1 aromatic heterocycles. The van der Waals surface area contributed by atoms with Crippen molar-refractivity contribution in [2.24, 2.45) is 0 Å². The van der Waals surface area contributed by atoms with Crippen molar-refractivity contribution in [3.8, 4) is 11.5 Å². The van der Waals surface area contributed by atoms with Gasteiger partial charge in [0.05, 0.1) is 25.2 Å². The lowest BCUT2D eigenvalue weighted by Crippen LogP contribution is -2.35. The molecule has 0 radical (unpaired) electrons. The van der Waals surface area contributed by atoms with Crippen LogP contribution in [0.3, 0.4) is 0 Å². The SMILES string of the molecule is Cc1oc(-c2cccc(Cl)c2)nc1CC(=O)NCC1CN(C2CC2)C(=O)O1. The summed E-state index contributed by atoms with van der Waals surface area (Å²) in [6.45, 7) is 2.60. The van der Waals surface area contributed by atoms with Gasteiger partial charge in [-0.2, -0.15) is 0 Å². The number of oxazole rings is 1. The first-order valence-corrected chi connectivity index (χ1v) is 9.33. The Morgan fingerprint density at radius 2 is 2.22 bits per heavy atom. The molecule has 0 spiro atoms. The normalized spacial score (nSPS) is 19.3. The monoisotopic (exact) mass is 389 g/mol. The fraction of sp³-hybridized carbons (Fsp3) is 0.421. The molecule has 142 valence electrons. The molecule has 1 atom stereocenters. The number of halogens is 1. The topological polar surface area (TPSA) is 84.7 Å². The minimum absolute atomic E-state index is 0.100. The van der Waals surface area contributed by atoms with Crippen molar-refractivity contribution in [3.63, 3.8) is 0 Å². The van der Waals surface area contributed by atoms with Crippen LogP contribution >= 0.6 is 11.6 Å². The van der Waals surface area contributed by atoms with Crippen LogP contribution in [-0.2, 0) is 16.0 Å². The fourth-order valence-corrected chi connectivity index (χ4v) is 3.30. The van der Waals surface area contributed by atoms with Gasteiger partial charge in [0.2, 0.25) is 11.8 Å². The molecule has 4 rings (SSSR count). The van der Waals surface area contributed by atoms with Gasteiger partial charge in [-0.25, -0.2) is 9.78 Å². The Balaban J connectivity index is 1.32. The number of nitrogens with one attached hydrogen (secondary N) is 1. The summed E-state index contributed by atoms with van der Waals surface area (Å²) in [7, 11) is 0. The Labute approximate surface area is 161 Å². The predicted octanol–water partition coefficient (Wildman–Crippen LogP) is 2.95. The van der Waals surface area contributed by atoms with Gasteiger partial charge in [-0.1, -0.05) is 17.7 Å². The maximum absolute atomic E-state index is 12.3. The van der Waals surface area contributed by atoms with Crippen molar-refractivity contribution < 1.29 is 18.7 Å². The number of rotatable bonds is 6. The summed E-state index contributed by atoms with van der Waals surface area (Å²) in [4.78, 5) is 30.2. The molecule has 1 unspecified atom stereocenters. The standard InChI is InChI=1S/C19H20ClN3O4/c1-11-16(22-18(26-11)12-3-2-4-13(20)7-12)8-17(24)21-9-15-10-23(14-5-6-14)19(25)27-15/h2-4,7,14-15H,5-6,8-10H2,1H3,(H,21,24). The highest BCUT2D eigenvalue weighted by molar-refractivity contribution is 6.30.